The molecule has 0 heterocycles. The van der Waals surface area contributed by atoms with Crippen LogP contribution in [0, 0.1) is 6.07 Å². The van der Waals surface area contributed by atoms with Gasteiger partial charge in [-0.2, -0.15) is 24.3 Å². The van der Waals surface area contributed by atoms with Crippen LogP contribution in [0.2, 0.25) is 0 Å². The van der Waals surface area contributed by atoms with Gasteiger partial charge < -0.3 is 5.32 Å². The van der Waals surface area contributed by atoms with E-state index >= 15 is 0 Å². The van der Waals surface area contributed by atoms with E-state index in [1.165, 1.54) is 0 Å². The number of amides is 1. The number of carbonyl (C=O) groups is 1. The van der Waals surface area contributed by atoms with Crippen LogP contribution in [0.15, 0.2) is 54.6 Å². The Bertz CT molecular complexity index is 484. The van der Waals surface area contributed by atoms with Gasteiger partial charge in [-0.1, -0.05) is 36.0 Å². The second-order valence-corrected chi connectivity index (χ2v) is 3.90. The number of hydrogen-bond acceptors (Lipinski definition) is 1. The first-order valence-electron chi connectivity index (χ1n) is 5.60. The van der Waals surface area contributed by atoms with Crippen molar-refractivity contribution in [2.45, 2.75) is 12.8 Å². The number of para-hydroxylation sites is 1. The van der Waals surface area contributed by atoms with Crippen molar-refractivity contribution in [1.29, 1.82) is 0 Å². The van der Waals surface area contributed by atoms with Gasteiger partial charge in [-0.3, -0.25) is 4.79 Å². The van der Waals surface area contributed by atoms with Gasteiger partial charge in [-0.15, -0.1) is 6.07 Å². The Kier molecular flexibility index (Phi) is 6.24. The van der Waals surface area contributed by atoms with Crippen molar-refractivity contribution in [3.63, 3.8) is 0 Å². The molecule has 1 unspecified atom stereocenters. The molecular formula is C15H14NOY+2. The fourth-order valence-corrected chi connectivity index (χ4v) is 1.61. The van der Waals surface area contributed by atoms with Crippen LogP contribution in [0.5, 0.6) is 0 Å². The van der Waals surface area contributed by atoms with E-state index in [1.54, 1.807) is 6.07 Å². The maximum absolute atomic E-state index is 12.0. The summed E-state index contributed by atoms with van der Waals surface area (Å²) in [6.07, 6.45) is 0. The van der Waals surface area contributed by atoms with Gasteiger partial charge in [-0.25, -0.2) is 0 Å². The fourth-order valence-electron chi connectivity index (χ4n) is 1.61. The zero-order valence-electron chi connectivity index (χ0n) is 10.3. The molecule has 86 valence electrons. The molecule has 2 aromatic rings. The average molecular weight is 313 g/mol. The molecule has 3 heteroatoms. The van der Waals surface area contributed by atoms with Gasteiger partial charge in [0.1, 0.15) is 0 Å². The molecule has 18 heavy (non-hydrogen) atoms. The molecule has 0 spiro atoms. The summed E-state index contributed by atoms with van der Waals surface area (Å²) in [5.74, 6) is -0.177. The van der Waals surface area contributed by atoms with E-state index in [2.05, 4.69) is 11.4 Å². The molecule has 1 atom stereocenters. The van der Waals surface area contributed by atoms with E-state index < -0.39 is 0 Å². The van der Waals surface area contributed by atoms with Crippen LogP contribution in [0.25, 0.3) is 0 Å². The fraction of sp³-hybridized carbons (Fsp3) is 0.133. The quantitative estimate of drug-likeness (QED) is 0.866. The van der Waals surface area contributed by atoms with Crippen molar-refractivity contribution in [2.24, 2.45) is 0 Å². The van der Waals surface area contributed by atoms with Gasteiger partial charge in [0.2, 0.25) is 5.91 Å². The molecule has 0 saturated heterocycles. The minimum atomic E-state index is -0.162. The average Bonchev–Trinajstić information content (AvgIpc) is 2.40. The summed E-state index contributed by atoms with van der Waals surface area (Å²) in [6, 6.07) is 20.1. The Morgan fingerprint density at radius 3 is 2.39 bits per heavy atom. The summed E-state index contributed by atoms with van der Waals surface area (Å²) in [5, 5.41) is 2.85. The number of rotatable bonds is 3. The van der Waals surface area contributed by atoms with Gasteiger partial charge in [0.15, 0.2) is 0 Å². The first kappa shape index (κ1) is 15.1. The Hall–Kier alpha value is -0.986. The normalized spacial score (nSPS) is 11.2. The Balaban J connectivity index is 0.00000162. The van der Waals surface area contributed by atoms with Crippen molar-refractivity contribution >= 4 is 11.6 Å². The monoisotopic (exact) mass is 313 g/mol. The van der Waals surface area contributed by atoms with Crippen LogP contribution in [0.3, 0.4) is 0 Å². The molecule has 2 rings (SSSR count). The first-order chi connectivity index (χ1) is 8.27. The minimum absolute atomic E-state index is 0. The molecule has 2 aromatic carbocycles. The van der Waals surface area contributed by atoms with Crippen molar-refractivity contribution in [3.8, 4) is 0 Å². The largest absolute Gasteiger partial charge is 3.00 e. The smallest absolute Gasteiger partial charge is 0.349 e. The van der Waals surface area contributed by atoms with Crippen LogP contribution < -0.4 is 5.32 Å². The minimum Gasteiger partial charge on any atom is -0.349 e. The van der Waals surface area contributed by atoms with Gasteiger partial charge >= 0.3 is 32.7 Å². The zero-order chi connectivity index (χ0) is 12.1. The van der Waals surface area contributed by atoms with Crippen LogP contribution >= 0.6 is 0 Å². The molecule has 0 aliphatic rings. The Morgan fingerprint density at radius 1 is 1.11 bits per heavy atom. The van der Waals surface area contributed by atoms with Gasteiger partial charge in [-0.05, 0) is 12.5 Å². The number of hydrogen-bond donors (Lipinski definition) is 1. The number of carbonyl (C=O) groups excluding carboxylic acids is 1. The summed E-state index contributed by atoms with van der Waals surface area (Å²) in [7, 11) is 0. The second kappa shape index (κ2) is 7.45. The maximum Gasteiger partial charge on any atom is 3.00 e. The summed E-state index contributed by atoms with van der Waals surface area (Å²) in [4.78, 5) is 12.0. The molecule has 0 bridgehead atoms. The molecule has 0 aromatic heterocycles. The summed E-state index contributed by atoms with van der Waals surface area (Å²) in [5.41, 5.74) is 1.72. The molecule has 0 fully saturated rings. The standard InChI is InChI=1S/C15H14NO.Y/c1-12(13-8-4-2-5-9-13)15(17)16-14-10-6-3-7-11-14;/h2-10,12H,1H3,(H,16,17);/q-1;+3. The van der Waals surface area contributed by atoms with Crippen LogP contribution in [0.1, 0.15) is 18.4 Å². The van der Waals surface area contributed by atoms with E-state index in [0.717, 1.165) is 5.56 Å². The number of benzene rings is 2. The molecule has 2 nitrogen and oxygen atoms in total. The molecule has 0 aliphatic carbocycles. The van der Waals surface area contributed by atoms with Crippen LogP contribution in [0.4, 0.5) is 5.69 Å². The Labute approximate surface area is 133 Å². The SMILES string of the molecule is CC(C(=O)Nc1[c-]cccc1)c1ccccc1.[Y+3]. The third-order valence-electron chi connectivity index (χ3n) is 2.66. The van der Waals surface area contributed by atoms with Gasteiger partial charge in [0.05, 0.1) is 5.92 Å². The molecule has 1 N–H and O–H groups in total. The van der Waals surface area contributed by atoms with Crippen LogP contribution in [-0.2, 0) is 37.5 Å². The van der Waals surface area contributed by atoms with Crippen LogP contribution in [-0.4, -0.2) is 5.91 Å². The summed E-state index contributed by atoms with van der Waals surface area (Å²) < 4.78 is 0. The van der Waals surface area contributed by atoms with E-state index in [4.69, 9.17) is 0 Å². The number of anilines is 1. The van der Waals surface area contributed by atoms with Crippen molar-refractivity contribution < 1.29 is 37.5 Å². The predicted octanol–water partition coefficient (Wildman–Crippen LogP) is 3.23. The van der Waals surface area contributed by atoms with Crippen molar-refractivity contribution in [3.05, 3.63) is 66.2 Å². The van der Waals surface area contributed by atoms with E-state index in [0.29, 0.717) is 5.69 Å². The van der Waals surface area contributed by atoms with E-state index in [9.17, 15) is 4.79 Å². The predicted molar refractivity (Wildman–Crippen MR) is 68.8 cm³/mol. The number of nitrogens with one attached hydrogen (secondary N) is 1. The summed E-state index contributed by atoms with van der Waals surface area (Å²) in [6.45, 7) is 1.90. The van der Waals surface area contributed by atoms with Gasteiger partial charge in [0.25, 0.3) is 0 Å². The molecule has 0 aliphatic heterocycles. The second-order valence-electron chi connectivity index (χ2n) is 3.90. The third kappa shape index (κ3) is 4.04. The van der Waals surface area contributed by atoms with Crippen molar-refractivity contribution in [1.82, 2.24) is 0 Å². The molecular weight excluding hydrogens is 299 g/mol. The molecule has 0 saturated carbocycles. The van der Waals surface area contributed by atoms with E-state index in [1.807, 2.05) is 55.5 Å². The van der Waals surface area contributed by atoms with E-state index in [-0.39, 0.29) is 44.5 Å². The summed E-state index contributed by atoms with van der Waals surface area (Å²) >= 11 is 0. The third-order valence-corrected chi connectivity index (χ3v) is 2.66. The molecule has 0 radical (unpaired) electrons. The topological polar surface area (TPSA) is 29.1 Å². The van der Waals surface area contributed by atoms with Crippen molar-refractivity contribution in [2.75, 3.05) is 5.32 Å². The zero-order valence-corrected chi connectivity index (χ0v) is 13.1. The first-order valence-corrected chi connectivity index (χ1v) is 5.60. The van der Waals surface area contributed by atoms with Gasteiger partial charge in [0, 0.05) is 0 Å². The molecule has 1 amide bonds. The Morgan fingerprint density at radius 2 is 1.78 bits per heavy atom. The maximum atomic E-state index is 12.0.